The van der Waals surface area contributed by atoms with Crippen molar-refractivity contribution >= 4 is 32.0 Å². The molecule has 0 saturated heterocycles. The second-order valence-electron chi connectivity index (χ2n) is 3.31. The Hall–Kier alpha value is -1.48. The molecule has 2 rings (SSSR count). The smallest absolute Gasteiger partial charge is 0.329 e. The third-order valence-corrected chi connectivity index (χ3v) is 4.23. The van der Waals surface area contributed by atoms with Crippen molar-refractivity contribution < 1.29 is 17.2 Å². The molecular weight excluding hydrogens is 329 g/mol. The first-order valence-corrected chi connectivity index (χ1v) is 6.94. The van der Waals surface area contributed by atoms with Crippen LogP contribution in [0.2, 0.25) is 0 Å². The van der Waals surface area contributed by atoms with E-state index in [0.29, 0.717) is 0 Å². The molecule has 9 heteroatoms. The van der Waals surface area contributed by atoms with Gasteiger partial charge in [-0.05, 0) is 34.1 Å². The van der Waals surface area contributed by atoms with Gasteiger partial charge in [-0.1, -0.05) is 5.10 Å². The maximum atomic E-state index is 12.9. The van der Waals surface area contributed by atoms with Gasteiger partial charge in [0, 0.05) is 11.4 Å². The zero-order valence-corrected chi connectivity index (χ0v) is 11.4. The van der Waals surface area contributed by atoms with E-state index in [-0.39, 0.29) is 21.3 Å². The number of anilines is 1. The molecule has 1 aromatic heterocycles. The SMILES string of the molecule is Cc1nnc(NS(=O)(=O)c2ccc(F)cc2Br)o1. The van der Waals surface area contributed by atoms with Crippen molar-refractivity contribution in [2.75, 3.05) is 4.72 Å². The zero-order valence-electron chi connectivity index (χ0n) is 9.02. The molecule has 0 radical (unpaired) electrons. The van der Waals surface area contributed by atoms with Gasteiger partial charge in [-0.25, -0.2) is 17.5 Å². The molecule has 18 heavy (non-hydrogen) atoms. The van der Waals surface area contributed by atoms with Crippen LogP contribution in [-0.4, -0.2) is 18.6 Å². The molecule has 6 nitrogen and oxygen atoms in total. The molecule has 96 valence electrons. The fourth-order valence-electron chi connectivity index (χ4n) is 1.20. The van der Waals surface area contributed by atoms with E-state index in [0.717, 1.165) is 18.2 Å². The Bertz CT molecular complexity index is 686. The molecule has 0 unspecified atom stereocenters. The summed E-state index contributed by atoms with van der Waals surface area (Å²) in [5.41, 5.74) is 0. The van der Waals surface area contributed by atoms with Crippen molar-refractivity contribution in [2.24, 2.45) is 0 Å². The Kier molecular flexibility index (Phi) is 3.35. The summed E-state index contributed by atoms with van der Waals surface area (Å²) in [5, 5.41) is 6.99. The highest BCUT2D eigenvalue weighted by atomic mass is 79.9. The maximum Gasteiger partial charge on any atom is 0.329 e. The van der Waals surface area contributed by atoms with E-state index in [2.05, 4.69) is 30.8 Å². The molecule has 1 aromatic carbocycles. The Morgan fingerprint density at radius 1 is 1.39 bits per heavy atom. The first kappa shape index (κ1) is 13.0. The lowest BCUT2D eigenvalue weighted by Gasteiger charge is -2.05. The summed E-state index contributed by atoms with van der Waals surface area (Å²) in [6.45, 7) is 1.53. The van der Waals surface area contributed by atoms with E-state index in [4.69, 9.17) is 4.42 Å². The third kappa shape index (κ3) is 2.67. The van der Waals surface area contributed by atoms with Gasteiger partial charge in [0.15, 0.2) is 0 Å². The van der Waals surface area contributed by atoms with Gasteiger partial charge in [0.2, 0.25) is 5.89 Å². The molecule has 1 heterocycles. The Labute approximate surface area is 110 Å². The lowest BCUT2D eigenvalue weighted by Crippen LogP contribution is -2.14. The number of aromatic nitrogens is 2. The van der Waals surface area contributed by atoms with Crippen molar-refractivity contribution in [3.63, 3.8) is 0 Å². The van der Waals surface area contributed by atoms with Crippen molar-refractivity contribution in [3.8, 4) is 0 Å². The van der Waals surface area contributed by atoms with Gasteiger partial charge < -0.3 is 4.42 Å². The van der Waals surface area contributed by atoms with E-state index < -0.39 is 15.8 Å². The molecule has 0 saturated carbocycles. The first-order chi connectivity index (χ1) is 8.38. The van der Waals surface area contributed by atoms with Crippen LogP contribution in [0.1, 0.15) is 5.89 Å². The molecule has 0 fully saturated rings. The van der Waals surface area contributed by atoms with Gasteiger partial charge in [0.05, 0.1) is 0 Å². The molecule has 0 spiro atoms. The van der Waals surface area contributed by atoms with E-state index in [1.807, 2.05) is 0 Å². The van der Waals surface area contributed by atoms with Gasteiger partial charge in [0.25, 0.3) is 10.0 Å². The summed E-state index contributed by atoms with van der Waals surface area (Å²) in [5.74, 6) is -0.319. The zero-order chi connectivity index (χ0) is 13.3. The highest BCUT2D eigenvalue weighted by Gasteiger charge is 2.20. The number of hydrogen-bond acceptors (Lipinski definition) is 5. The lowest BCUT2D eigenvalue weighted by atomic mass is 10.3. The molecule has 0 aliphatic carbocycles. The predicted molar refractivity (Wildman–Crippen MR) is 63.9 cm³/mol. The highest BCUT2D eigenvalue weighted by Crippen LogP contribution is 2.24. The Morgan fingerprint density at radius 2 is 2.11 bits per heavy atom. The molecule has 0 aliphatic rings. The number of rotatable bonds is 3. The normalized spacial score (nSPS) is 11.5. The monoisotopic (exact) mass is 335 g/mol. The quantitative estimate of drug-likeness (QED) is 0.928. The van der Waals surface area contributed by atoms with Crippen molar-refractivity contribution in [2.45, 2.75) is 11.8 Å². The van der Waals surface area contributed by atoms with Crippen LogP contribution in [0.15, 0.2) is 32.0 Å². The third-order valence-electron chi connectivity index (χ3n) is 1.93. The largest absolute Gasteiger partial charge is 0.408 e. The van der Waals surface area contributed by atoms with Crippen molar-refractivity contribution in [1.29, 1.82) is 0 Å². The molecule has 2 aromatic rings. The number of nitrogens with one attached hydrogen (secondary N) is 1. The second kappa shape index (κ2) is 4.65. The van der Waals surface area contributed by atoms with Crippen LogP contribution in [0.25, 0.3) is 0 Å². The van der Waals surface area contributed by atoms with Gasteiger partial charge in [-0.15, -0.1) is 5.10 Å². The van der Waals surface area contributed by atoms with Crippen LogP contribution in [0.4, 0.5) is 10.4 Å². The molecule has 0 amide bonds. The average Bonchev–Trinajstić information content (AvgIpc) is 2.62. The fraction of sp³-hybridized carbons (Fsp3) is 0.111. The van der Waals surface area contributed by atoms with Crippen LogP contribution >= 0.6 is 15.9 Å². The summed E-state index contributed by atoms with van der Waals surface area (Å²) in [4.78, 5) is -0.125. The van der Waals surface area contributed by atoms with Crippen LogP contribution < -0.4 is 4.72 Å². The standard InChI is InChI=1S/C9H7BrFN3O3S/c1-5-12-13-9(17-5)14-18(15,16)8-3-2-6(11)4-7(8)10/h2-4H,1H3,(H,13,14). The topological polar surface area (TPSA) is 85.1 Å². The minimum absolute atomic E-state index is 0.103. The van der Waals surface area contributed by atoms with Crippen LogP contribution in [0, 0.1) is 12.7 Å². The Morgan fingerprint density at radius 3 is 2.67 bits per heavy atom. The molecule has 0 aliphatic heterocycles. The Balaban J connectivity index is 2.36. The van der Waals surface area contributed by atoms with Crippen molar-refractivity contribution in [3.05, 3.63) is 34.4 Å². The van der Waals surface area contributed by atoms with E-state index >= 15 is 0 Å². The fourth-order valence-corrected chi connectivity index (χ4v) is 3.18. The predicted octanol–water partition coefficient (Wildman–Crippen LogP) is 2.08. The van der Waals surface area contributed by atoms with Gasteiger partial charge >= 0.3 is 6.01 Å². The number of benzene rings is 1. The molecular formula is C9H7BrFN3O3S. The van der Waals surface area contributed by atoms with Crippen LogP contribution in [0.3, 0.4) is 0 Å². The summed E-state index contributed by atoms with van der Waals surface area (Å²) >= 11 is 2.98. The van der Waals surface area contributed by atoms with Gasteiger partial charge in [-0.2, -0.15) is 0 Å². The van der Waals surface area contributed by atoms with Gasteiger partial charge in [0.1, 0.15) is 10.7 Å². The highest BCUT2D eigenvalue weighted by molar-refractivity contribution is 9.10. The van der Waals surface area contributed by atoms with Crippen LogP contribution in [-0.2, 0) is 10.0 Å². The summed E-state index contributed by atoms with van der Waals surface area (Å²) in [6, 6.07) is 2.97. The number of sulfonamides is 1. The minimum Gasteiger partial charge on any atom is -0.408 e. The number of aryl methyl sites for hydroxylation is 1. The lowest BCUT2D eigenvalue weighted by molar-refractivity contribution is 0.534. The van der Waals surface area contributed by atoms with E-state index in [1.165, 1.54) is 6.92 Å². The summed E-state index contributed by atoms with van der Waals surface area (Å²) in [7, 11) is -3.91. The minimum atomic E-state index is -3.91. The number of halogens is 2. The average molecular weight is 336 g/mol. The first-order valence-electron chi connectivity index (χ1n) is 4.66. The molecule has 0 bridgehead atoms. The maximum absolute atomic E-state index is 12.9. The van der Waals surface area contributed by atoms with E-state index in [9.17, 15) is 12.8 Å². The van der Waals surface area contributed by atoms with E-state index in [1.54, 1.807) is 0 Å². The number of nitrogens with zero attached hydrogens (tertiary/aromatic N) is 2. The molecule has 1 N–H and O–H groups in total. The summed E-state index contributed by atoms with van der Waals surface area (Å²) < 4.78 is 43.9. The molecule has 0 atom stereocenters. The summed E-state index contributed by atoms with van der Waals surface area (Å²) in [6.07, 6.45) is 0. The second-order valence-corrected chi connectivity index (χ2v) is 5.81. The number of hydrogen-bond donors (Lipinski definition) is 1. The van der Waals surface area contributed by atoms with Gasteiger partial charge in [-0.3, -0.25) is 0 Å². The van der Waals surface area contributed by atoms with Crippen LogP contribution in [0.5, 0.6) is 0 Å². The van der Waals surface area contributed by atoms with Crippen molar-refractivity contribution in [1.82, 2.24) is 10.2 Å².